The Bertz CT molecular complexity index is 492. The molecule has 2 atom stereocenters. The molecule has 1 heterocycles. The maximum Gasteiger partial charge on any atom is 0.124 e. The zero-order chi connectivity index (χ0) is 13.9. The third kappa shape index (κ3) is 2.44. The molecule has 0 saturated heterocycles. The highest BCUT2D eigenvalue weighted by Crippen LogP contribution is 2.42. The van der Waals surface area contributed by atoms with Crippen LogP contribution in [0.1, 0.15) is 18.9 Å². The summed E-state index contributed by atoms with van der Waals surface area (Å²) in [4.78, 5) is 0. The lowest BCUT2D eigenvalue weighted by atomic mass is 9.68. The van der Waals surface area contributed by atoms with E-state index in [0.29, 0.717) is 19.4 Å². The summed E-state index contributed by atoms with van der Waals surface area (Å²) in [7, 11) is 1.59. The van der Waals surface area contributed by atoms with Crippen LogP contribution in [-0.4, -0.2) is 31.0 Å². The van der Waals surface area contributed by atoms with Crippen LogP contribution in [0.15, 0.2) is 24.3 Å². The second-order valence-electron chi connectivity index (χ2n) is 5.28. The van der Waals surface area contributed by atoms with Crippen molar-refractivity contribution in [3.8, 4) is 11.8 Å². The molecule has 0 aromatic heterocycles. The Morgan fingerprint density at radius 1 is 1.53 bits per heavy atom. The molecule has 1 aliphatic rings. The van der Waals surface area contributed by atoms with Gasteiger partial charge in [-0.1, -0.05) is 18.2 Å². The second-order valence-corrected chi connectivity index (χ2v) is 5.28. The van der Waals surface area contributed by atoms with Crippen molar-refractivity contribution in [2.45, 2.75) is 25.4 Å². The molecule has 2 unspecified atom stereocenters. The van der Waals surface area contributed by atoms with E-state index in [2.05, 4.69) is 6.07 Å². The van der Waals surface area contributed by atoms with E-state index in [1.165, 1.54) is 0 Å². The first-order chi connectivity index (χ1) is 9.04. The fourth-order valence-corrected chi connectivity index (χ4v) is 2.45. The van der Waals surface area contributed by atoms with Crippen LogP contribution in [0.4, 0.5) is 0 Å². The van der Waals surface area contributed by atoms with Crippen molar-refractivity contribution < 1.29 is 14.6 Å². The minimum absolute atomic E-state index is 0.206. The van der Waals surface area contributed by atoms with Gasteiger partial charge in [-0.25, -0.2) is 0 Å². The molecule has 1 N–H and O–H groups in total. The monoisotopic (exact) mass is 261 g/mol. The largest absolute Gasteiger partial charge is 0.492 e. The molecule has 0 saturated carbocycles. The fourth-order valence-electron chi connectivity index (χ4n) is 2.45. The van der Waals surface area contributed by atoms with Gasteiger partial charge in [-0.05, 0) is 18.6 Å². The number of nitriles is 1. The SMILES string of the molecule is COCCC(C)(O)C1(C#N)COc2ccccc2C1. The first-order valence-electron chi connectivity index (χ1n) is 6.38. The third-order valence-corrected chi connectivity index (χ3v) is 3.98. The molecular formula is C15H19NO3. The third-order valence-electron chi connectivity index (χ3n) is 3.98. The Hall–Kier alpha value is -1.57. The van der Waals surface area contributed by atoms with Crippen LogP contribution in [0.2, 0.25) is 0 Å². The van der Waals surface area contributed by atoms with E-state index in [0.717, 1.165) is 11.3 Å². The number of ether oxygens (including phenoxy) is 2. The van der Waals surface area contributed by atoms with Crippen molar-refractivity contribution in [2.75, 3.05) is 20.3 Å². The Labute approximate surface area is 113 Å². The van der Waals surface area contributed by atoms with E-state index in [1.807, 2.05) is 24.3 Å². The van der Waals surface area contributed by atoms with Gasteiger partial charge < -0.3 is 14.6 Å². The maximum atomic E-state index is 10.7. The highest BCUT2D eigenvalue weighted by atomic mass is 16.5. The van der Waals surface area contributed by atoms with Gasteiger partial charge in [0.2, 0.25) is 0 Å². The van der Waals surface area contributed by atoms with Crippen molar-refractivity contribution >= 4 is 0 Å². The normalized spacial score (nSPS) is 24.7. The Kier molecular flexibility index (Phi) is 3.79. The molecule has 0 aliphatic carbocycles. The van der Waals surface area contributed by atoms with E-state index < -0.39 is 11.0 Å². The number of benzene rings is 1. The highest BCUT2D eigenvalue weighted by Gasteiger charge is 2.50. The van der Waals surface area contributed by atoms with Crippen LogP contribution in [0.3, 0.4) is 0 Å². The minimum atomic E-state index is -1.15. The molecule has 2 rings (SSSR count). The topological polar surface area (TPSA) is 62.5 Å². The minimum Gasteiger partial charge on any atom is -0.492 e. The lowest BCUT2D eigenvalue weighted by Crippen LogP contribution is -2.52. The van der Waals surface area contributed by atoms with E-state index in [1.54, 1.807) is 14.0 Å². The molecule has 19 heavy (non-hydrogen) atoms. The van der Waals surface area contributed by atoms with Gasteiger partial charge in [-0.2, -0.15) is 5.26 Å². The maximum absolute atomic E-state index is 10.7. The molecule has 4 heteroatoms. The van der Waals surface area contributed by atoms with E-state index in [4.69, 9.17) is 9.47 Å². The molecule has 0 amide bonds. The van der Waals surface area contributed by atoms with Crippen molar-refractivity contribution in [1.29, 1.82) is 5.26 Å². The van der Waals surface area contributed by atoms with E-state index in [-0.39, 0.29) is 6.61 Å². The second kappa shape index (κ2) is 5.20. The van der Waals surface area contributed by atoms with Crippen LogP contribution >= 0.6 is 0 Å². The molecule has 1 aliphatic heterocycles. The molecule has 1 aromatic carbocycles. The average Bonchev–Trinajstić information content (AvgIpc) is 2.44. The highest BCUT2D eigenvalue weighted by molar-refractivity contribution is 5.38. The molecular weight excluding hydrogens is 242 g/mol. The molecule has 4 nitrogen and oxygen atoms in total. The molecule has 0 spiro atoms. The molecule has 0 bridgehead atoms. The number of hydrogen-bond donors (Lipinski definition) is 1. The average molecular weight is 261 g/mol. The van der Waals surface area contributed by atoms with Crippen molar-refractivity contribution in [2.24, 2.45) is 5.41 Å². The number of fused-ring (bicyclic) bond motifs is 1. The van der Waals surface area contributed by atoms with Crippen molar-refractivity contribution in [1.82, 2.24) is 0 Å². The quantitative estimate of drug-likeness (QED) is 0.899. The van der Waals surface area contributed by atoms with Crippen molar-refractivity contribution in [3.63, 3.8) is 0 Å². The summed E-state index contributed by atoms with van der Waals surface area (Å²) < 4.78 is 10.7. The number of nitrogens with zero attached hydrogens (tertiary/aromatic N) is 1. The van der Waals surface area contributed by atoms with Crippen LogP contribution in [0.25, 0.3) is 0 Å². The van der Waals surface area contributed by atoms with Gasteiger partial charge in [-0.15, -0.1) is 0 Å². The first kappa shape index (κ1) is 13.9. The molecule has 102 valence electrons. The number of hydrogen-bond acceptors (Lipinski definition) is 4. The van der Waals surface area contributed by atoms with Gasteiger partial charge in [0.05, 0.1) is 11.7 Å². The standard InChI is InChI=1S/C15H19NO3/c1-14(17,7-8-18-2)15(10-16)9-12-5-3-4-6-13(12)19-11-15/h3-6,17H,7-9,11H2,1-2H3. The van der Waals surface area contributed by atoms with Crippen molar-refractivity contribution in [3.05, 3.63) is 29.8 Å². The van der Waals surface area contributed by atoms with Gasteiger partial charge in [0.25, 0.3) is 0 Å². The van der Waals surface area contributed by atoms with Gasteiger partial charge in [0.1, 0.15) is 17.8 Å². The summed E-state index contributed by atoms with van der Waals surface area (Å²) in [6.45, 7) is 2.31. The van der Waals surface area contributed by atoms with E-state index in [9.17, 15) is 10.4 Å². The van der Waals surface area contributed by atoms with Crippen LogP contribution in [0, 0.1) is 16.7 Å². The van der Waals surface area contributed by atoms with Gasteiger partial charge in [-0.3, -0.25) is 0 Å². The number of para-hydroxylation sites is 1. The Morgan fingerprint density at radius 3 is 2.95 bits per heavy atom. The van der Waals surface area contributed by atoms with Crippen LogP contribution in [-0.2, 0) is 11.2 Å². The molecule has 0 fully saturated rings. The van der Waals surface area contributed by atoms with Crippen LogP contribution in [0.5, 0.6) is 5.75 Å². The predicted octanol–water partition coefficient (Wildman–Crippen LogP) is 1.92. The Balaban J connectivity index is 2.29. The fraction of sp³-hybridized carbons (Fsp3) is 0.533. The first-order valence-corrected chi connectivity index (χ1v) is 6.38. The zero-order valence-electron chi connectivity index (χ0n) is 11.3. The lowest BCUT2D eigenvalue weighted by Gasteiger charge is -2.42. The summed E-state index contributed by atoms with van der Waals surface area (Å²) in [6, 6.07) is 9.92. The van der Waals surface area contributed by atoms with Gasteiger partial charge >= 0.3 is 0 Å². The van der Waals surface area contributed by atoms with E-state index >= 15 is 0 Å². The summed E-state index contributed by atoms with van der Waals surface area (Å²) >= 11 is 0. The summed E-state index contributed by atoms with van der Waals surface area (Å²) in [5, 5.41) is 20.2. The zero-order valence-corrected chi connectivity index (χ0v) is 11.3. The number of methoxy groups -OCH3 is 1. The Morgan fingerprint density at radius 2 is 2.26 bits per heavy atom. The number of rotatable bonds is 4. The summed E-state index contributed by atoms with van der Waals surface area (Å²) in [5.74, 6) is 0.802. The number of aliphatic hydroxyl groups is 1. The smallest absolute Gasteiger partial charge is 0.124 e. The lowest BCUT2D eigenvalue weighted by molar-refractivity contribution is -0.0821. The van der Waals surface area contributed by atoms with Gasteiger partial charge in [0, 0.05) is 26.6 Å². The van der Waals surface area contributed by atoms with Gasteiger partial charge in [0.15, 0.2) is 0 Å². The molecule has 0 radical (unpaired) electrons. The summed E-state index contributed by atoms with van der Waals surface area (Å²) in [6.07, 6.45) is 0.902. The molecule has 1 aromatic rings. The predicted molar refractivity (Wildman–Crippen MR) is 70.8 cm³/mol. The summed E-state index contributed by atoms with van der Waals surface area (Å²) in [5.41, 5.74) is -1.11. The van der Waals surface area contributed by atoms with Crippen LogP contribution < -0.4 is 4.74 Å².